The van der Waals surface area contributed by atoms with Gasteiger partial charge in [0.15, 0.2) is 11.6 Å². The van der Waals surface area contributed by atoms with Gasteiger partial charge in [0.05, 0.1) is 32.0 Å². The quantitative estimate of drug-likeness (QED) is 0.522. The van der Waals surface area contributed by atoms with Gasteiger partial charge in [-0.1, -0.05) is 6.07 Å². The van der Waals surface area contributed by atoms with Gasteiger partial charge >= 0.3 is 0 Å². The number of allylic oxidation sites excluding steroid dienone is 1. The number of hydrogen-bond acceptors (Lipinski definition) is 8. The maximum absolute atomic E-state index is 14.1. The number of nitrogens with two attached hydrogens (primary N) is 2. The van der Waals surface area contributed by atoms with Crippen molar-refractivity contribution in [2.24, 2.45) is 11.5 Å². The zero-order valence-electron chi connectivity index (χ0n) is 19.1. The summed E-state index contributed by atoms with van der Waals surface area (Å²) in [5.74, 6) is 0.657. The van der Waals surface area contributed by atoms with Crippen molar-refractivity contribution in [2.75, 3.05) is 20.2 Å². The van der Waals surface area contributed by atoms with Gasteiger partial charge in [0.2, 0.25) is 5.88 Å². The smallest absolute Gasteiger partial charge is 0.214 e. The Kier molecular flexibility index (Phi) is 6.33. The lowest BCUT2D eigenvalue weighted by Gasteiger charge is -2.34. The van der Waals surface area contributed by atoms with Gasteiger partial charge < -0.3 is 36.3 Å². The molecular weight excluding hydrogens is 425 g/mol. The largest absolute Gasteiger partial charge is 0.493 e. The van der Waals surface area contributed by atoms with Gasteiger partial charge in [-0.3, -0.25) is 0 Å². The number of nitrogens with zero attached hydrogens (tertiary/aromatic N) is 2. The lowest BCUT2D eigenvalue weighted by atomic mass is 10.1. The van der Waals surface area contributed by atoms with Gasteiger partial charge in [-0.05, 0) is 37.6 Å². The van der Waals surface area contributed by atoms with Crippen LogP contribution in [0, 0.1) is 19.7 Å². The molecule has 33 heavy (non-hydrogen) atoms. The highest BCUT2D eigenvalue weighted by Crippen LogP contribution is 2.32. The van der Waals surface area contributed by atoms with E-state index in [9.17, 15) is 9.50 Å². The minimum absolute atomic E-state index is 0.0484. The van der Waals surface area contributed by atoms with E-state index in [-0.39, 0.29) is 24.5 Å². The van der Waals surface area contributed by atoms with Gasteiger partial charge in [-0.25, -0.2) is 9.37 Å². The third-order valence-corrected chi connectivity index (χ3v) is 6.24. The molecule has 0 aliphatic carbocycles. The molecule has 3 heterocycles. The van der Waals surface area contributed by atoms with Crippen LogP contribution >= 0.6 is 0 Å². The van der Waals surface area contributed by atoms with Gasteiger partial charge in [-0.2, -0.15) is 0 Å². The van der Waals surface area contributed by atoms with Gasteiger partial charge in [-0.15, -0.1) is 0 Å². The van der Waals surface area contributed by atoms with E-state index in [2.05, 4.69) is 15.2 Å². The fraction of sp³-hybridized carbons (Fsp3) is 0.375. The number of hydrogen-bond donors (Lipinski definition) is 4. The monoisotopic (exact) mass is 455 g/mol. The Morgan fingerprint density at radius 1 is 1.39 bits per heavy atom. The Morgan fingerprint density at radius 3 is 2.88 bits per heavy atom. The first-order chi connectivity index (χ1) is 15.8. The van der Waals surface area contributed by atoms with Crippen LogP contribution in [0.4, 0.5) is 4.39 Å². The lowest BCUT2D eigenvalue weighted by molar-refractivity contribution is 0.200. The van der Waals surface area contributed by atoms with Crippen molar-refractivity contribution in [2.45, 2.75) is 39.0 Å². The van der Waals surface area contributed by atoms with E-state index < -0.39 is 5.82 Å². The molecule has 2 unspecified atom stereocenters. The van der Waals surface area contributed by atoms with E-state index in [0.29, 0.717) is 36.1 Å². The number of aliphatic hydroxyl groups excluding tert-OH is 1. The number of fused-ring (bicyclic) bond motifs is 1. The summed E-state index contributed by atoms with van der Waals surface area (Å²) in [4.78, 5) is 6.66. The minimum Gasteiger partial charge on any atom is -0.493 e. The van der Waals surface area contributed by atoms with Gasteiger partial charge in [0.25, 0.3) is 0 Å². The molecule has 4 rings (SSSR count). The van der Waals surface area contributed by atoms with E-state index in [1.165, 1.54) is 13.2 Å². The number of nitrogens with one attached hydrogen (secondary N) is 1. The molecule has 0 amide bonds. The molecule has 2 atom stereocenters. The minimum atomic E-state index is -0.479. The number of para-hydroxylation sites is 1. The molecule has 2 aromatic rings. The fourth-order valence-electron chi connectivity index (χ4n) is 4.54. The summed E-state index contributed by atoms with van der Waals surface area (Å²) in [5.41, 5.74) is 16.7. The van der Waals surface area contributed by atoms with E-state index in [4.69, 9.17) is 20.9 Å². The van der Waals surface area contributed by atoms with Crippen LogP contribution in [0.15, 0.2) is 41.9 Å². The Morgan fingerprint density at radius 2 is 2.18 bits per heavy atom. The molecule has 2 aliphatic heterocycles. The van der Waals surface area contributed by atoms with E-state index in [1.54, 1.807) is 18.2 Å². The number of aryl methyl sites for hydroxylation is 2. The second-order valence-electron chi connectivity index (χ2n) is 8.38. The summed E-state index contributed by atoms with van der Waals surface area (Å²) >= 11 is 0. The molecule has 9 heteroatoms. The first-order valence-corrected chi connectivity index (χ1v) is 10.9. The predicted molar refractivity (Wildman–Crippen MR) is 123 cm³/mol. The average molecular weight is 456 g/mol. The van der Waals surface area contributed by atoms with Crippen LogP contribution in [0.2, 0.25) is 0 Å². The van der Waals surface area contributed by atoms with Crippen LogP contribution in [-0.4, -0.2) is 47.3 Å². The molecule has 0 saturated carbocycles. The Bertz CT molecular complexity index is 1090. The second-order valence-corrected chi connectivity index (χ2v) is 8.38. The molecule has 1 saturated heterocycles. The van der Waals surface area contributed by atoms with Crippen molar-refractivity contribution in [3.63, 3.8) is 0 Å². The summed E-state index contributed by atoms with van der Waals surface area (Å²) in [6, 6.07) is 6.64. The number of pyridine rings is 1. The third kappa shape index (κ3) is 4.41. The molecule has 0 bridgehead atoms. The molecule has 2 aliphatic rings. The van der Waals surface area contributed by atoms with Crippen molar-refractivity contribution in [3.8, 4) is 11.6 Å². The van der Waals surface area contributed by atoms with Crippen molar-refractivity contribution in [1.29, 1.82) is 0 Å². The molecule has 176 valence electrons. The lowest BCUT2D eigenvalue weighted by Crippen LogP contribution is -2.45. The first-order valence-electron chi connectivity index (χ1n) is 10.9. The number of rotatable bonds is 6. The van der Waals surface area contributed by atoms with Crippen LogP contribution in [0.25, 0.3) is 5.70 Å². The Labute approximate surface area is 192 Å². The van der Waals surface area contributed by atoms with Gasteiger partial charge in [0.1, 0.15) is 11.9 Å². The molecule has 1 aromatic carbocycles. The maximum atomic E-state index is 14.1. The summed E-state index contributed by atoms with van der Waals surface area (Å²) in [7, 11) is 1.41. The SMILES string of the molecule is COc1c(F)cccc1/C(N)=C/C1=C(N)NCC2CC(Oc3cc(C)c(CO)c(C)n3)CN12. The van der Waals surface area contributed by atoms with Gasteiger partial charge in [0, 0.05) is 41.5 Å². The number of halogens is 1. The molecule has 1 aromatic heterocycles. The molecule has 8 nitrogen and oxygen atoms in total. The molecular formula is C24H30FN5O3. The number of aliphatic hydroxyl groups is 1. The van der Waals surface area contributed by atoms with E-state index in [1.807, 2.05) is 19.9 Å². The first kappa shape index (κ1) is 22.7. The Hall–Kier alpha value is -3.46. The summed E-state index contributed by atoms with van der Waals surface area (Å²) in [5, 5.41) is 12.7. The van der Waals surface area contributed by atoms with Crippen molar-refractivity contribution < 1.29 is 19.0 Å². The summed E-state index contributed by atoms with van der Waals surface area (Å²) in [6.07, 6.45) is 2.43. The van der Waals surface area contributed by atoms with E-state index >= 15 is 0 Å². The molecule has 0 spiro atoms. The normalized spacial score (nSPS) is 20.5. The Balaban J connectivity index is 1.57. The van der Waals surface area contributed by atoms with E-state index in [0.717, 1.165) is 28.9 Å². The molecule has 1 fully saturated rings. The van der Waals surface area contributed by atoms with Crippen LogP contribution in [0.3, 0.4) is 0 Å². The van der Waals surface area contributed by atoms with Crippen molar-refractivity contribution in [3.05, 3.63) is 70.1 Å². The average Bonchev–Trinajstić information content (AvgIpc) is 3.18. The zero-order chi connectivity index (χ0) is 23.7. The van der Waals surface area contributed by atoms with Crippen molar-refractivity contribution >= 4 is 5.70 Å². The highest BCUT2D eigenvalue weighted by atomic mass is 19.1. The number of benzene rings is 1. The molecule has 0 radical (unpaired) electrons. The molecule has 6 N–H and O–H groups in total. The van der Waals surface area contributed by atoms with Crippen LogP contribution < -0.4 is 26.3 Å². The summed E-state index contributed by atoms with van der Waals surface area (Å²) < 4.78 is 25.6. The van der Waals surface area contributed by atoms with Crippen LogP contribution in [0.1, 0.15) is 28.8 Å². The number of ether oxygens (including phenoxy) is 2. The zero-order valence-corrected chi connectivity index (χ0v) is 19.1. The standard InChI is InChI=1S/C24H30FN5O3/c1-13-7-22(29-14(2)18(13)12-31)33-16-8-15-10-28-24(27)21(30(15)11-16)9-20(26)17-5-4-6-19(25)23(17)32-3/h4-7,9,15-16,28,31H,8,10-12,26-27H2,1-3H3/b20-9-. The topological polar surface area (TPSA) is 119 Å². The number of methoxy groups -OCH3 is 1. The van der Waals surface area contributed by atoms with Crippen LogP contribution in [0.5, 0.6) is 11.6 Å². The van der Waals surface area contributed by atoms with Crippen LogP contribution in [-0.2, 0) is 6.61 Å². The fourth-order valence-corrected chi connectivity index (χ4v) is 4.54. The number of aromatic nitrogens is 1. The summed E-state index contributed by atoms with van der Waals surface area (Å²) in [6.45, 7) is 5.04. The predicted octanol–water partition coefficient (Wildman–Crippen LogP) is 1.89. The third-order valence-electron chi connectivity index (χ3n) is 6.24. The van der Waals surface area contributed by atoms with Crippen molar-refractivity contribution in [1.82, 2.24) is 15.2 Å². The maximum Gasteiger partial charge on any atom is 0.214 e. The highest BCUT2D eigenvalue weighted by molar-refractivity contribution is 5.70. The second kappa shape index (κ2) is 9.19. The highest BCUT2D eigenvalue weighted by Gasteiger charge is 2.37.